The number of rotatable bonds is 3. The fraction of sp³-hybridized carbons (Fsp3) is 0.750. The minimum absolute atomic E-state index is 0.615. The van der Waals surface area contributed by atoms with Crippen LogP contribution in [-0.4, -0.2) is 8.76 Å². The summed E-state index contributed by atoms with van der Waals surface area (Å²) >= 11 is 10.8. The molecule has 0 N–H and O–H groups in total. The van der Waals surface area contributed by atoms with Gasteiger partial charge in [-0.3, -0.25) is 0 Å². The van der Waals surface area contributed by atoms with Crippen LogP contribution in [0.2, 0.25) is 0 Å². The first-order valence-electron chi connectivity index (χ1n) is 8.10. The SMILES string of the molecule is S=C([S-])c1n(C2CCCCC2)cc[n+]1C1CCCCC1. The van der Waals surface area contributed by atoms with Crippen LogP contribution in [0.3, 0.4) is 0 Å². The maximum Gasteiger partial charge on any atom is 0.269 e. The predicted molar refractivity (Wildman–Crippen MR) is 87.9 cm³/mol. The average Bonchev–Trinajstić information content (AvgIpc) is 2.94. The Morgan fingerprint density at radius 2 is 1.65 bits per heavy atom. The highest BCUT2D eigenvalue weighted by Crippen LogP contribution is 2.30. The Labute approximate surface area is 133 Å². The van der Waals surface area contributed by atoms with Crippen molar-refractivity contribution in [2.75, 3.05) is 0 Å². The molecule has 0 spiro atoms. The second kappa shape index (κ2) is 6.52. The third-order valence-corrected chi connectivity index (χ3v) is 5.36. The maximum atomic E-state index is 5.40. The van der Waals surface area contributed by atoms with Crippen molar-refractivity contribution in [3.05, 3.63) is 18.2 Å². The van der Waals surface area contributed by atoms with E-state index in [2.05, 4.69) is 21.5 Å². The Morgan fingerprint density at radius 3 is 2.25 bits per heavy atom. The van der Waals surface area contributed by atoms with Crippen molar-refractivity contribution in [2.24, 2.45) is 0 Å². The summed E-state index contributed by atoms with van der Waals surface area (Å²) in [5.41, 5.74) is 0. The molecule has 110 valence electrons. The van der Waals surface area contributed by atoms with E-state index in [4.69, 9.17) is 24.8 Å². The number of thiocarbonyl (C=S) groups is 1. The first-order valence-corrected chi connectivity index (χ1v) is 8.92. The highest BCUT2D eigenvalue weighted by atomic mass is 32.1. The van der Waals surface area contributed by atoms with Gasteiger partial charge in [-0.05, 0) is 55.6 Å². The molecule has 1 heterocycles. The summed E-state index contributed by atoms with van der Waals surface area (Å²) in [6, 6.07) is 1.23. The van der Waals surface area contributed by atoms with Crippen LogP contribution in [0.1, 0.15) is 82.1 Å². The molecule has 0 saturated heterocycles. The zero-order valence-electron chi connectivity index (χ0n) is 12.1. The predicted octanol–water partition coefficient (Wildman–Crippen LogP) is 4.01. The summed E-state index contributed by atoms with van der Waals surface area (Å²) in [5, 5.41) is 0. The van der Waals surface area contributed by atoms with Gasteiger partial charge in [0, 0.05) is 0 Å². The van der Waals surface area contributed by atoms with Gasteiger partial charge in [0.25, 0.3) is 5.82 Å². The second-order valence-electron chi connectivity index (χ2n) is 6.31. The van der Waals surface area contributed by atoms with Gasteiger partial charge >= 0.3 is 0 Å². The minimum atomic E-state index is 0.615. The van der Waals surface area contributed by atoms with Crippen LogP contribution in [-0.2, 0) is 12.6 Å². The monoisotopic (exact) mass is 308 g/mol. The van der Waals surface area contributed by atoms with Gasteiger partial charge in [0.1, 0.15) is 24.5 Å². The van der Waals surface area contributed by atoms with Crippen LogP contribution in [0.25, 0.3) is 0 Å². The molecule has 1 aromatic heterocycles. The number of imidazole rings is 1. The van der Waals surface area contributed by atoms with E-state index < -0.39 is 0 Å². The Balaban J connectivity index is 1.90. The third kappa shape index (κ3) is 2.91. The Kier molecular flexibility index (Phi) is 4.72. The number of nitrogens with zero attached hydrogens (tertiary/aromatic N) is 2. The molecule has 3 rings (SSSR count). The van der Waals surface area contributed by atoms with Gasteiger partial charge in [-0.1, -0.05) is 12.8 Å². The van der Waals surface area contributed by atoms with Gasteiger partial charge in [-0.2, -0.15) is 0 Å². The van der Waals surface area contributed by atoms with Gasteiger partial charge in [-0.15, -0.1) is 0 Å². The lowest BCUT2D eigenvalue weighted by atomic mass is 9.95. The van der Waals surface area contributed by atoms with Gasteiger partial charge < -0.3 is 24.8 Å². The van der Waals surface area contributed by atoms with Gasteiger partial charge in [0.15, 0.2) is 0 Å². The molecule has 4 heteroatoms. The quantitative estimate of drug-likeness (QED) is 0.474. The molecular formula is C16H24N2S2. The molecule has 0 unspecified atom stereocenters. The smallest absolute Gasteiger partial charge is 0.269 e. The summed E-state index contributed by atoms with van der Waals surface area (Å²) < 4.78 is 5.43. The average molecular weight is 309 g/mol. The normalized spacial score (nSPS) is 22.0. The van der Waals surface area contributed by atoms with Crippen LogP contribution in [0.15, 0.2) is 12.4 Å². The zero-order chi connectivity index (χ0) is 13.9. The highest BCUT2D eigenvalue weighted by Gasteiger charge is 2.29. The first kappa shape index (κ1) is 14.5. The van der Waals surface area contributed by atoms with Crippen LogP contribution in [0.4, 0.5) is 0 Å². The highest BCUT2D eigenvalue weighted by molar-refractivity contribution is 8.01. The lowest BCUT2D eigenvalue weighted by Gasteiger charge is -2.24. The first-order chi connectivity index (χ1) is 9.77. The van der Waals surface area contributed by atoms with Crippen LogP contribution >= 0.6 is 12.2 Å². The topological polar surface area (TPSA) is 8.81 Å². The third-order valence-electron chi connectivity index (χ3n) is 5.00. The van der Waals surface area contributed by atoms with Crippen LogP contribution in [0, 0.1) is 0 Å². The molecule has 0 aliphatic heterocycles. The van der Waals surface area contributed by atoms with Crippen molar-refractivity contribution >= 4 is 29.0 Å². The van der Waals surface area contributed by atoms with Crippen molar-refractivity contribution in [3.63, 3.8) is 0 Å². The molecule has 0 amide bonds. The van der Waals surface area contributed by atoms with E-state index in [0.29, 0.717) is 16.3 Å². The summed E-state index contributed by atoms with van der Waals surface area (Å²) in [4.78, 5) is 0. The molecule has 0 bridgehead atoms. The summed E-state index contributed by atoms with van der Waals surface area (Å²) in [6.07, 6.45) is 17.7. The van der Waals surface area contributed by atoms with Crippen LogP contribution in [0.5, 0.6) is 0 Å². The standard InChI is InChI=1S/C16H24N2S2/c19-16(20)15-17(13-7-3-1-4-8-13)11-12-18(15)14-9-5-2-6-10-14/h11-14H,1-10H2. The fourth-order valence-corrected chi connectivity index (χ4v) is 4.36. The van der Waals surface area contributed by atoms with E-state index in [-0.39, 0.29) is 0 Å². The zero-order valence-corrected chi connectivity index (χ0v) is 13.7. The van der Waals surface area contributed by atoms with E-state index in [1.807, 2.05) is 0 Å². The molecular weight excluding hydrogens is 284 g/mol. The minimum Gasteiger partial charge on any atom is -0.421 e. The largest absolute Gasteiger partial charge is 0.421 e. The summed E-state index contributed by atoms with van der Waals surface area (Å²) in [6.45, 7) is 0. The van der Waals surface area contributed by atoms with Gasteiger partial charge in [0.2, 0.25) is 0 Å². The lowest BCUT2D eigenvalue weighted by molar-refractivity contribution is -0.726. The van der Waals surface area contributed by atoms with E-state index in [9.17, 15) is 0 Å². The number of hydrogen-bond donors (Lipinski definition) is 0. The van der Waals surface area contributed by atoms with E-state index in [0.717, 1.165) is 5.82 Å². The molecule has 1 aromatic rings. The summed E-state index contributed by atoms with van der Waals surface area (Å²) in [5.74, 6) is 1.13. The van der Waals surface area contributed by atoms with Crippen molar-refractivity contribution < 1.29 is 4.57 Å². The number of aromatic nitrogens is 2. The van der Waals surface area contributed by atoms with Gasteiger partial charge in [0.05, 0.1) is 0 Å². The van der Waals surface area contributed by atoms with Crippen LogP contribution < -0.4 is 4.57 Å². The van der Waals surface area contributed by atoms with E-state index in [1.165, 1.54) is 64.2 Å². The molecule has 2 nitrogen and oxygen atoms in total. The lowest BCUT2D eigenvalue weighted by Crippen LogP contribution is -2.45. The maximum absolute atomic E-state index is 5.40. The molecule has 2 saturated carbocycles. The molecule has 2 fully saturated rings. The summed E-state index contributed by atoms with van der Waals surface area (Å²) in [7, 11) is 0. The van der Waals surface area contributed by atoms with Crippen molar-refractivity contribution in [2.45, 2.75) is 76.3 Å². The fourth-order valence-electron chi connectivity index (χ4n) is 3.94. The van der Waals surface area contributed by atoms with Crippen molar-refractivity contribution in [3.8, 4) is 0 Å². The Hall–Kier alpha value is -0.480. The van der Waals surface area contributed by atoms with E-state index >= 15 is 0 Å². The molecule has 0 aromatic carbocycles. The molecule has 20 heavy (non-hydrogen) atoms. The molecule has 0 atom stereocenters. The van der Waals surface area contributed by atoms with E-state index in [1.54, 1.807) is 0 Å². The molecule has 0 radical (unpaired) electrons. The van der Waals surface area contributed by atoms with Crippen molar-refractivity contribution in [1.29, 1.82) is 0 Å². The Bertz CT molecular complexity index is 433. The molecule has 2 aliphatic carbocycles. The molecule has 2 aliphatic rings. The number of hydrogen-bond acceptors (Lipinski definition) is 2. The van der Waals surface area contributed by atoms with Crippen molar-refractivity contribution in [1.82, 2.24) is 4.57 Å². The second-order valence-corrected chi connectivity index (χ2v) is 7.38. The Morgan fingerprint density at radius 1 is 1.05 bits per heavy atom. The van der Waals surface area contributed by atoms with Gasteiger partial charge in [-0.25, -0.2) is 9.13 Å².